The molecule has 1 aromatic heterocycles. The van der Waals surface area contributed by atoms with Crippen molar-refractivity contribution in [2.45, 2.75) is 65.9 Å². The van der Waals surface area contributed by atoms with Gasteiger partial charge in [0.2, 0.25) is 0 Å². The Balaban J connectivity index is 1.64. The number of esters is 1. The summed E-state index contributed by atoms with van der Waals surface area (Å²) in [4.78, 5) is 26.8. The van der Waals surface area contributed by atoms with Crippen LogP contribution in [0.3, 0.4) is 0 Å². The highest BCUT2D eigenvalue weighted by Gasteiger charge is 2.11. The van der Waals surface area contributed by atoms with Crippen molar-refractivity contribution in [2.24, 2.45) is 0 Å². The van der Waals surface area contributed by atoms with Crippen molar-refractivity contribution >= 4 is 22.6 Å². The van der Waals surface area contributed by atoms with Gasteiger partial charge in [-0.1, -0.05) is 56.9 Å². The van der Waals surface area contributed by atoms with Crippen molar-refractivity contribution in [1.82, 2.24) is 0 Å². The molecule has 5 heteroatoms. The van der Waals surface area contributed by atoms with Gasteiger partial charge in [-0.15, -0.1) is 0 Å². The van der Waals surface area contributed by atoms with Gasteiger partial charge in [0.15, 0.2) is 0 Å². The predicted octanol–water partition coefficient (Wildman–Crippen LogP) is 6.71. The van der Waals surface area contributed by atoms with E-state index in [1.165, 1.54) is 19.3 Å². The molecular weight excluding hydrogens is 414 g/mol. The van der Waals surface area contributed by atoms with Crippen LogP contribution >= 0.6 is 0 Å². The SMILES string of the molecule is CCCCCCCC(=O)OCc1ccc(-c2cc3ccc(N(CC)CC)cc3oc2=O)cc1. The first kappa shape index (κ1) is 24.6. The summed E-state index contributed by atoms with van der Waals surface area (Å²) in [5.41, 5.74) is 3.47. The van der Waals surface area contributed by atoms with Gasteiger partial charge in [0.1, 0.15) is 12.2 Å². The van der Waals surface area contributed by atoms with Gasteiger partial charge in [-0.25, -0.2) is 4.79 Å². The molecule has 1 heterocycles. The molecule has 0 aliphatic heterocycles. The molecule has 3 aromatic rings. The zero-order valence-electron chi connectivity index (χ0n) is 20.1. The van der Waals surface area contributed by atoms with Crippen LogP contribution < -0.4 is 10.5 Å². The van der Waals surface area contributed by atoms with Crippen LogP contribution in [0.1, 0.15) is 64.9 Å². The maximum atomic E-state index is 12.7. The lowest BCUT2D eigenvalue weighted by Crippen LogP contribution is -2.21. The minimum atomic E-state index is -0.360. The molecular formula is C28H35NO4. The number of carbonyl (C=O) groups is 1. The fraction of sp³-hybridized carbons (Fsp3) is 0.429. The summed E-state index contributed by atoms with van der Waals surface area (Å²) in [5.74, 6) is -0.158. The summed E-state index contributed by atoms with van der Waals surface area (Å²) in [5, 5.41) is 0.887. The number of hydrogen-bond donors (Lipinski definition) is 0. The Morgan fingerprint density at radius 2 is 1.64 bits per heavy atom. The van der Waals surface area contributed by atoms with E-state index >= 15 is 0 Å². The number of carbonyl (C=O) groups excluding carboxylic acids is 1. The maximum absolute atomic E-state index is 12.7. The number of unbranched alkanes of at least 4 members (excludes halogenated alkanes) is 4. The highest BCUT2D eigenvalue weighted by atomic mass is 16.5. The topological polar surface area (TPSA) is 59.8 Å². The molecule has 5 nitrogen and oxygen atoms in total. The summed E-state index contributed by atoms with van der Waals surface area (Å²) in [7, 11) is 0. The first-order valence-corrected chi connectivity index (χ1v) is 12.1. The van der Waals surface area contributed by atoms with Crippen molar-refractivity contribution in [1.29, 1.82) is 0 Å². The number of rotatable bonds is 12. The highest BCUT2D eigenvalue weighted by molar-refractivity contribution is 5.84. The molecule has 176 valence electrons. The molecule has 0 fully saturated rings. The van der Waals surface area contributed by atoms with Gasteiger partial charge in [-0.05, 0) is 49.6 Å². The average Bonchev–Trinajstić information content (AvgIpc) is 2.83. The zero-order valence-corrected chi connectivity index (χ0v) is 20.1. The second-order valence-corrected chi connectivity index (χ2v) is 8.36. The molecule has 2 aromatic carbocycles. The summed E-state index contributed by atoms with van der Waals surface area (Å²) < 4.78 is 11.0. The number of fused-ring (bicyclic) bond motifs is 1. The normalized spacial score (nSPS) is 11.0. The molecule has 3 rings (SSSR count). The molecule has 0 aliphatic rings. The lowest BCUT2D eigenvalue weighted by molar-refractivity contribution is -0.145. The molecule has 0 bridgehead atoms. The van der Waals surface area contributed by atoms with Crippen molar-refractivity contribution in [2.75, 3.05) is 18.0 Å². The lowest BCUT2D eigenvalue weighted by Gasteiger charge is -2.21. The van der Waals surface area contributed by atoms with Crippen LogP contribution in [0.15, 0.2) is 57.7 Å². The van der Waals surface area contributed by atoms with Crippen LogP contribution in [0.4, 0.5) is 5.69 Å². The van der Waals surface area contributed by atoms with E-state index < -0.39 is 0 Å². The Hall–Kier alpha value is -3.08. The molecule has 0 saturated carbocycles. The van der Waals surface area contributed by atoms with Gasteiger partial charge in [0, 0.05) is 36.7 Å². The van der Waals surface area contributed by atoms with E-state index in [0.29, 0.717) is 17.6 Å². The summed E-state index contributed by atoms with van der Waals surface area (Å²) in [6.07, 6.45) is 6.00. The van der Waals surface area contributed by atoms with Gasteiger partial charge < -0.3 is 14.1 Å². The van der Waals surface area contributed by atoms with E-state index in [0.717, 1.165) is 48.1 Å². The fourth-order valence-electron chi connectivity index (χ4n) is 3.98. The predicted molar refractivity (Wildman–Crippen MR) is 135 cm³/mol. The molecule has 0 saturated heterocycles. The van der Waals surface area contributed by atoms with Crippen LogP contribution in [0, 0.1) is 0 Å². The quantitative estimate of drug-likeness (QED) is 0.175. The highest BCUT2D eigenvalue weighted by Crippen LogP contribution is 2.25. The Kier molecular flexibility index (Phi) is 9.11. The Morgan fingerprint density at radius 3 is 2.33 bits per heavy atom. The molecule has 0 amide bonds. The second kappa shape index (κ2) is 12.2. The molecule has 0 aliphatic carbocycles. The van der Waals surface area contributed by atoms with Crippen molar-refractivity contribution < 1.29 is 13.9 Å². The Bertz CT molecular complexity index is 1100. The van der Waals surface area contributed by atoms with Crippen molar-refractivity contribution in [3.8, 4) is 11.1 Å². The third-order valence-electron chi connectivity index (χ3n) is 6.00. The zero-order chi connectivity index (χ0) is 23.6. The van der Waals surface area contributed by atoms with Crippen LogP contribution in [-0.2, 0) is 16.1 Å². The molecule has 0 atom stereocenters. The largest absolute Gasteiger partial charge is 0.461 e. The summed E-state index contributed by atoms with van der Waals surface area (Å²) in [6, 6.07) is 15.4. The first-order chi connectivity index (χ1) is 16.0. The summed E-state index contributed by atoms with van der Waals surface area (Å²) >= 11 is 0. The Morgan fingerprint density at radius 1 is 0.909 bits per heavy atom. The van der Waals surface area contributed by atoms with Gasteiger partial charge in [-0.3, -0.25) is 4.79 Å². The molecule has 0 radical (unpaired) electrons. The number of nitrogens with zero attached hydrogens (tertiary/aromatic N) is 1. The van der Waals surface area contributed by atoms with E-state index in [2.05, 4.69) is 31.7 Å². The number of benzene rings is 2. The van der Waals surface area contributed by atoms with Crippen LogP contribution in [0.5, 0.6) is 0 Å². The molecule has 0 unspecified atom stereocenters. The lowest BCUT2D eigenvalue weighted by atomic mass is 10.0. The van der Waals surface area contributed by atoms with Crippen LogP contribution in [0.25, 0.3) is 22.1 Å². The van der Waals surface area contributed by atoms with Gasteiger partial charge in [0.25, 0.3) is 0 Å². The molecule has 33 heavy (non-hydrogen) atoms. The molecule has 0 spiro atoms. The fourth-order valence-corrected chi connectivity index (χ4v) is 3.98. The Labute approximate surface area is 196 Å². The van der Waals surface area contributed by atoms with Crippen molar-refractivity contribution in [3.05, 3.63) is 64.5 Å². The summed E-state index contributed by atoms with van der Waals surface area (Å²) in [6.45, 7) is 8.41. The standard InChI is InChI=1S/C28H35NO4/c1-4-7-8-9-10-11-27(30)32-20-21-12-14-22(15-13-21)25-18-23-16-17-24(29(5-2)6-3)19-26(23)33-28(25)31/h12-19H,4-11,20H2,1-3H3. The first-order valence-electron chi connectivity index (χ1n) is 12.1. The van der Waals surface area contributed by atoms with E-state index in [1.54, 1.807) is 0 Å². The second-order valence-electron chi connectivity index (χ2n) is 8.36. The van der Waals surface area contributed by atoms with Crippen LogP contribution in [0.2, 0.25) is 0 Å². The van der Waals surface area contributed by atoms with Gasteiger partial charge >= 0.3 is 11.6 Å². The van der Waals surface area contributed by atoms with Gasteiger partial charge in [0.05, 0.1) is 5.56 Å². The van der Waals surface area contributed by atoms with Gasteiger partial charge in [-0.2, -0.15) is 0 Å². The maximum Gasteiger partial charge on any atom is 0.344 e. The average molecular weight is 450 g/mol. The minimum absolute atomic E-state index is 0.158. The number of ether oxygens (including phenoxy) is 1. The number of hydrogen-bond acceptors (Lipinski definition) is 5. The minimum Gasteiger partial charge on any atom is -0.461 e. The van der Waals surface area contributed by atoms with E-state index in [1.807, 2.05) is 42.5 Å². The third-order valence-corrected chi connectivity index (χ3v) is 6.00. The molecule has 0 N–H and O–H groups in total. The van der Waals surface area contributed by atoms with Crippen LogP contribution in [-0.4, -0.2) is 19.1 Å². The smallest absolute Gasteiger partial charge is 0.344 e. The van der Waals surface area contributed by atoms with Crippen molar-refractivity contribution in [3.63, 3.8) is 0 Å². The van der Waals surface area contributed by atoms with E-state index in [-0.39, 0.29) is 18.2 Å². The van der Waals surface area contributed by atoms with E-state index in [4.69, 9.17) is 9.15 Å². The third kappa shape index (κ3) is 6.70. The number of anilines is 1. The monoisotopic (exact) mass is 449 g/mol. The van der Waals surface area contributed by atoms with E-state index in [9.17, 15) is 9.59 Å².